The number of amides is 1. The van der Waals surface area contributed by atoms with E-state index in [2.05, 4.69) is 12.0 Å². The van der Waals surface area contributed by atoms with Crippen molar-refractivity contribution in [1.82, 2.24) is 9.62 Å². The molecule has 36 heavy (non-hydrogen) atoms. The maximum Gasteiger partial charge on any atom is 0.326 e. The number of rotatable bonds is 10. The lowest BCUT2D eigenvalue weighted by Crippen LogP contribution is -2.42. The minimum Gasteiger partial charge on any atom is -0.508 e. The number of sulfonamides is 1. The van der Waals surface area contributed by atoms with E-state index in [1.807, 2.05) is 12.1 Å². The standard InChI is InChI=1S/C24H29Cl2N2O6PS/c1-35(18-5-3-4-17(29)13-18)9-7-15-10-19(25)22(20(26)11-15)23(30)27-21(24(31)32)12-16-6-8-28(14-16)36(2,33)34/h3-5,10-11,13,16,21,29H,6-9,12,14H2,1-2H3,(H,27,30)(H,31,32)/t16?,21-,35?/m0/s1. The number of aryl methyl sites for hydroxylation is 1. The first-order chi connectivity index (χ1) is 16.8. The SMILES string of the molecule is CP(CCc1cc(Cl)c(C(=O)N[C@@H](CC2CCN(S(C)(=O)=O)C2)C(=O)O)c(Cl)c1)c1cccc(O)c1. The maximum absolute atomic E-state index is 12.9. The summed E-state index contributed by atoms with van der Waals surface area (Å²) in [6, 6.07) is 9.27. The second-order valence-electron chi connectivity index (χ2n) is 9.00. The number of nitrogens with one attached hydrogen (secondary N) is 1. The Morgan fingerprint density at radius 3 is 2.44 bits per heavy atom. The number of carboxylic acids is 1. The third-order valence-corrected chi connectivity index (χ3v) is 10.1. The van der Waals surface area contributed by atoms with Crippen LogP contribution in [0.5, 0.6) is 5.75 Å². The molecular formula is C24H29Cl2N2O6PS. The van der Waals surface area contributed by atoms with Gasteiger partial charge in [-0.1, -0.05) is 43.3 Å². The van der Waals surface area contributed by atoms with Gasteiger partial charge in [0.2, 0.25) is 10.0 Å². The van der Waals surface area contributed by atoms with E-state index in [0.717, 1.165) is 23.3 Å². The molecule has 2 aromatic carbocycles. The molecule has 3 atom stereocenters. The number of phenols is 1. The molecule has 1 fully saturated rings. The van der Waals surface area contributed by atoms with Crippen LogP contribution < -0.4 is 10.6 Å². The first-order valence-electron chi connectivity index (χ1n) is 11.3. The predicted octanol–water partition coefficient (Wildman–Crippen LogP) is 3.53. The van der Waals surface area contributed by atoms with Crippen molar-refractivity contribution < 1.29 is 28.2 Å². The zero-order valence-corrected chi connectivity index (χ0v) is 23.2. The van der Waals surface area contributed by atoms with Crippen LogP contribution in [0.25, 0.3) is 0 Å². The highest BCUT2D eigenvalue weighted by Crippen LogP contribution is 2.33. The number of hydrogen-bond donors (Lipinski definition) is 3. The van der Waals surface area contributed by atoms with E-state index in [9.17, 15) is 28.2 Å². The van der Waals surface area contributed by atoms with Crippen molar-refractivity contribution in [1.29, 1.82) is 0 Å². The fourth-order valence-electron chi connectivity index (χ4n) is 4.22. The minimum absolute atomic E-state index is 0.00395. The molecule has 2 aromatic rings. The van der Waals surface area contributed by atoms with Crippen LogP contribution in [-0.4, -0.2) is 73.0 Å². The predicted molar refractivity (Wildman–Crippen MR) is 144 cm³/mol. The van der Waals surface area contributed by atoms with Crippen LogP contribution in [0.1, 0.15) is 28.8 Å². The number of halogens is 2. The van der Waals surface area contributed by atoms with Gasteiger partial charge in [0.05, 0.1) is 21.9 Å². The number of carboxylic acid groups (broad SMARTS) is 1. The van der Waals surface area contributed by atoms with Gasteiger partial charge >= 0.3 is 5.97 Å². The zero-order valence-electron chi connectivity index (χ0n) is 19.9. The molecule has 0 spiro atoms. The van der Waals surface area contributed by atoms with Crippen LogP contribution in [0.3, 0.4) is 0 Å². The summed E-state index contributed by atoms with van der Waals surface area (Å²) in [6.45, 7) is 2.66. The van der Waals surface area contributed by atoms with Gasteiger partial charge in [-0.3, -0.25) is 4.79 Å². The van der Waals surface area contributed by atoms with Crippen LogP contribution >= 0.6 is 31.1 Å². The molecule has 12 heteroatoms. The quantitative estimate of drug-likeness (QED) is 0.373. The van der Waals surface area contributed by atoms with E-state index < -0.39 is 35.9 Å². The number of carbonyl (C=O) groups is 2. The highest BCUT2D eigenvalue weighted by molar-refractivity contribution is 7.88. The summed E-state index contributed by atoms with van der Waals surface area (Å²) in [5, 5.41) is 23.2. The number of benzene rings is 2. The first-order valence-corrected chi connectivity index (χ1v) is 15.9. The number of phenolic OH excluding ortho intramolecular Hbond substituents is 1. The van der Waals surface area contributed by atoms with E-state index in [1.165, 1.54) is 4.31 Å². The number of hydrogen-bond acceptors (Lipinski definition) is 5. The van der Waals surface area contributed by atoms with E-state index in [4.69, 9.17) is 23.2 Å². The van der Waals surface area contributed by atoms with Gasteiger partial charge in [-0.15, -0.1) is 0 Å². The summed E-state index contributed by atoms with van der Waals surface area (Å²) in [4.78, 5) is 24.7. The van der Waals surface area contributed by atoms with Crippen LogP contribution in [-0.2, 0) is 21.2 Å². The zero-order chi connectivity index (χ0) is 26.6. The molecule has 0 aromatic heterocycles. The number of nitrogens with zero attached hydrogens (tertiary/aromatic N) is 1. The normalized spacial score (nSPS) is 18.1. The van der Waals surface area contributed by atoms with Crippen LogP contribution in [0.2, 0.25) is 10.0 Å². The Balaban J connectivity index is 1.65. The van der Waals surface area contributed by atoms with E-state index in [1.54, 1.807) is 24.3 Å². The number of aromatic hydroxyl groups is 1. The molecule has 0 aliphatic carbocycles. The molecule has 2 unspecified atom stereocenters. The lowest BCUT2D eigenvalue weighted by atomic mass is 9.98. The van der Waals surface area contributed by atoms with Crippen LogP contribution in [0, 0.1) is 5.92 Å². The van der Waals surface area contributed by atoms with Crippen molar-refractivity contribution in [2.24, 2.45) is 5.92 Å². The lowest BCUT2D eigenvalue weighted by molar-refractivity contribution is -0.139. The second-order valence-corrected chi connectivity index (χ2v) is 14.2. The molecule has 1 aliphatic rings. The summed E-state index contributed by atoms with van der Waals surface area (Å²) in [5.74, 6) is -1.87. The van der Waals surface area contributed by atoms with E-state index in [-0.39, 0.29) is 40.2 Å². The van der Waals surface area contributed by atoms with Crippen LogP contribution in [0.15, 0.2) is 36.4 Å². The highest BCUT2D eigenvalue weighted by Gasteiger charge is 2.33. The molecule has 8 nitrogen and oxygen atoms in total. The third kappa shape index (κ3) is 7.56. The maximum atomic E-state index is 12.9. The second kappa shape index (κ2) is 12.1. The third-order valence-electron chi connectivity index (χ3n) is 6.23. The van der Waals surface area contributed by atoms with E-state index >= 15 is 0 Å². The van der Waals surface area contributed by atoms with Gasteiger partial charge in [0.25, 0.3) is 5.91 Å². The molecule has 1 aliphatic heterocycles. The van der Waals surface area contributed by atoms with Crippen LogP contribution in [0.4, 0.5) is 0 Å². The molecule has 196 valence electrons. The number of carbonyl (C=O) groups excluding carboxylic acids is 1. The largest absolute Gasteiger partial charge is 0.508 e. The Kier molecular flexibility index (Phi) is 9.63. The van der Waals surface area contributed by atoms with Crippen molar-refractivity contribution in [2.75, 3.05) is 32.2 Å². The average Bonchev–Trinajstić information content (AvgIpc) is 3.26. The Labute approximate surface area is 222 Å². The van der Waals surface area contributed by atoms with E-state index in [0.29, 0.717) is 19.4 Å². The van der Waals surface area contributed by atoms with Crippen molar-refractivity contribution in [3.05, 3.63) is 57.6 Å². The van der Waals surface area contributed by atoms with Crippen molar-refractivity contribution in [2.45, 2.75) is 25.3 Å². The Morgan fingerprint density at radius 1 is 1.22 bits per heavy atom. The van der Waals surface area contributed by atoms with Gasteiger partial charge in [0.1, 0.15) is 11.8 Å². The smallest absolute Gasteiger partial charge is 0.326 e. The topological polar surface area (TPSA) is 124 Å². The molecular weight excluding hydrogens is 546 g/mol. The summed E-state index contributed by atoms with van der Waals surface area (Å²) >= 11 is 12.8. The Morgan fingerprint density at radius 2 is 1.89 bits per heavy atom. The summed E-state index contributed by atoms with van der Waals surface area (Å²) in [6.07, 6.45) is 3.22. The molecule has 1 saturated heterocycles. The summed E-state index contributed by atoms with van der Waals surface area (Å²) < 4.78 is 24.8. The van der Waals surface area contributed by atoms with Crippen molar-refractivity contribution in [3.8, 4) is 5.75 Å². The lowest BCUT2D eigenvalue weighted by Gasteiger charge is -2.20. The average molecular weight is 575 g/mol. The first kappa shape index (κ1) is 28.7. The van der Waals surface area contributed by atoms with Gasteiger partial charge in [-0.25, -0.2) is 17.5 Å². The highest BCUT2D eigenvalue weighted by atomic mass is 35.5. The van der Waals surface area contributed by atoms with Gasteiger partial charge in [-0.2, -0.15) is 0 Å². The van der Waals surface area contributed by atoms with Crippen molar-refractivity contribution >= 4 is 58.3 Å². The van der Waals surface area contributed by atoms with Gasteiger partial charge in [0, 0.05) is 13.1 Å². The summed E-state index contributed by atoms with van der Waals surface area (Å²) in [5.41, 5.74) is 0.849. The minimum atomic E-state index is -3.35. The molecule has 0 bridgehead atoms. The Bertz CT molecular complexity index is 1220. The van der Waals surface area contributed by atoms with Crippen molar-refractivity contribution in [3.63, 3.8) is 0 Å². The molecule has 0 radical (unpaired) electrons. The molecule has 3 rings (SSSR count). The van der Waals surface area contributed by atoms with Gasteiger partial charge in [0.15, 0.2) is 0 Å². The Hall–Kier alpha value is -1.90. The molecule has 1 heterocycles. The molecule has 0 saturated carbocycles. The fourth-order valence-corrected chi connectivity index (χ4v) is 7.39. The van der Waals surface area contributed by atoms with Gasteiger partial charge in [-0.05, 0) is 73.1 Å². The number of aliphatic carboxylic acids is 1. The van der Waals surface area contributed by atoms with Gasteiger partial charge < -0.3 is 15.5 Å². The summed E-state index contributed by atoms with van der Waals surface area (Å²) in [7, 11) is -3.87. The monoisotopic (exact) mass is 574 g/mol. The molecule has 1 amide bonds. The fraction of sp³-hybridized carbons (Fsp3) is 0.417. The molecule has 3 N–H and O–H groups in total.